The zero-order valence-electron chi connectivity index (χ0n) is 12.1. The van der Waals surface area contributed by atoms with Crippen LogP contribution in [0.2, 0.25) is 0 Å². The number of piperazine rings is 1. The molecule has 2 aliphatic rings. The van der Waals surface area contributed by atoms with Gasteiger partial charge in [0.05, 0.1) is 6.54 Å². The molecule has 0 atom stereocenters. The molecule has 0 aromatic heterocycles. The number of benzene rings is 1. The number of carbonyl (C=O) groups excluding carboxylic acids is 2. The maximum atomic E-state index is 11.9. The van der Waals surface area contributed by atoms with Gasteiger partial charge in [-0.05, 0) is 56.0 Å². The number of anilines is 1. The van der Waals surface area contributed by atoms with Crippen molar-refractivity contribution in [2.75, 3.05) is 31.1 Å². The van der Waals surface area contributed by atoms with Gasteiger partial charge in [0, 0.05) is 5.69 Å². The smallest absolute Gasteiger partial charge is 0.246 e. The number of rotatable bonds is 3. The molecule has 0 saturated carbocycles. The minimum Gasteiger partial charge on any atom is -0.345 e. The molecule has 0 aliphatic carbocycles. The molecule has 2 N–H and O–H groups in total. The highest BCUT2D eigenvalue weighted by Gasteiger charge is 2.24. The molecular formula is C16H21N3O2. The van der Waals surface area contributed by atoms with Crippen LogP contribution in [0.25, 0.3) is 0 Å². The van der Waals surface area contributed by atoms with Crippen LogP contribution in [0.5, 0.6) is 0 Å². The van der Waals surface area contributed by atoms with E-state index in [0.29, 0.717) is 5.92 Å². The third kappa shape index (κ3) is 3.42. The minimum absolute atomic E-state index is 0.0476. The van der Waals surface area contributed by atoms with Gasteiger partial charge in [0.1, 0.15) is 6.54 Å². The quantitative estimate of drug-likeness (QED) is 0.860. The second-order valence-electron chi connectivity index (χ2n) is 5.82. The Morgan fingerprint density at radius 3 is 2.81 bits per heavy atom. The van der Waals surface area contributed by atoms with Gasteiger partial charge < -0.3 is 15.5 Å². The topological polar surface area (TPSA) is 61.4 Å². The number of hydrogen-bond donors (Lipinski definition) is 2. The molecule has 0 radical (unpaired) electrons. The van der Waals surface area contributed by atoms with Crippen LogP contribution in [0.4, 0.5) is 5.69 Å². The Morgan fingerprint density at radius 2 is 2.00 bits per heavy atom. The molecule has 1 aromatic rings. The van der Waals surface area contributed by atoms with E-state index in [-0.39, 0.29) is 24.9 Å². The van der Waals surface area contributed by atoms with E-state index in [9.17, 15) is 9.59 Å². The Balaban J connectivity index is 1.72. The van der Waals surface area contributed by atoms with Crippen LogP contribution in [-0.4, -0.2) is 38.0 Å². The lowest BCUT2D eigenvalue weighted by molar-refractivity contribution is -0.128. The van der Waals surface area contributed by atoms with E-state index in [4.69, 9.17) is 0 Å². The first-order chi connectivity index (χ1) is 10.2. The lowest BCUT2D eigenvalue weighted by Crippen LogP contribution is -2.51. The third-order valence-corrected chi connectivity index (χ3v) is 4.24. The van der Waals surface area contributed by atoms with Crippen LogP contribution in [-0.2, 0) is 16.0 Å². The Morgan fingerprint density at radius 1 is 1.19 bits per heavy atom. The highest BCUT2D eigenvalue weighted by Crippen LogP contribution is 2.22. The Hall–Kier alpha value is -1.88. The first-order valence-corrected chi connectivity index (χ1v) is 7.59. The van der Waals surface area contributed by atoms with Gasteiger partial charge >= 0.3 is 0 Å². The number of piperidine rings is 1. The van der Waals surface area contributed by atoms with E-state index >= 15 is 0 Å². The fourth-order valence-electron chi connectivity index (χ4n) is 3.06. The van der Waals surface area contributed by atoms with E-state index in [1.807, 2.05) is 12.1 Å². The molecule has 2 saturated heterocycles. The standard InChI is InChI=1S/C16H21N3O2/c20-15-11-19(16(21)10-18-15)14-3-1-2-13(9-14)8-12-4-6-17-7-5-12/h1-3,9,12,17H,4-8,10-11H2,(H,18,20). The molecule has 5 nitrogen and oxygen atoms in total. The zero-order valence-corrected chi connectivity index (χ0v) is 12.1. The van der Waals surface area contributed by atoms with Crippen LogP contribution in [0.1, 0.15) is 18.4 Å². The summed E-state index contributed by atoms with van der Waals surface area (Å²) in [6, 6.07) is 8.05. The summed E-state index contributed by atoms with van der Waals surface area (Å²) < 4.78 is 0. The summed E-state index contributed by atoms with van der Waals surface area (Å²) in [6.45, 7) is 2.40. The average molecular weight is 287 g/mol. The predicted molar refractivity (Wildman–Crippen MR) is 81.1 cm³/mol. The summed E-state index contributed by atoms with van der Waals surface area (Å²) in [7, 11) is 0. The number of carbonyl (C=O) groups is 2. The van der Waals surface area contributed by atoms with Crippen LogP contribution < -0.4 is 15.5 Å². The van der Waals surface area contributed by atoms with Gasteiger partial charge in [-0.3, -0.25) is 9.59 Å². The molecule has 2 aliphatic heterocycles. The monoisotopic (exact) mass is 287 g/mol. The largest absolute Gasteiger partial charge is 0.345 e. The van der Waals surface area contributed by atoms with E-state index < -0.39 is 0 Å². The summed E-state index contributed by atoms with van der Waals surface area (Å²) in [5.74, 6) is 0.564. The first-order valence-electron chi connectivity index (χ1n) is 7.59. The summed E-state index contributed by atoms with van der Waals surface area (Å²) in [5.41, 5.74) is 2.08. The molecule has 2 heterocycles. The zero-order chi connectivity index (χ0) is 14.7. The SMILES string of the molecule is O=C1CN(c2cccc(CC3CCNCC3)c2)C(=O)CN1. The maximum absolute atomic E-state index is 11.9. The number of nitrogens with one attached hydrogen (secondary N) is 2. The summed E-state index contributed by atoms with van der Waals surface area (Å²) in [5, 5.41) is 5.95. The molecule has 0 unspecified atom stereocenters. The summed E-state index contributed by atoms with van der Waals surface area (Å²) >= 11 is 0. The fraction of sp³-hybridized carbons (Fsp3) is 0.500. The fourth-order valence-corrected chi connectivity index (χ4v) is 3.06. The molecule has 1 aromatic carbocycles. The second-order valence-corrected chi connectivity index (χ2v) is 5.82. The highest BCUT2D eigenvalue weighted by molar-refractivity contribution is 6.04. The molecule has 0 spiro atoms. The predicted octanol–water partition coefficient (Wildman–Crippen LogP) is 0.691. The van der Waals surface area contributed by atoms with Crippen LogP contribution in [0.15, 0.2) is 24.3 Å². The van der Waals surface area contributed by atoms with Gasteiger partial charge in [-0.15, -0.1) is 0 Å². The van der Waals surface area contributed by atoms with E-state index in [1.54, 1.807) is 4.90 Å². The highest BCUT2D eigenvalue weighted by atomic mass is 16.2. The Kier molecular flexibility index (Phi) is 4.20. The molecule has 21 heavy (non-hydrogen) atoms. The number of amides is 2. The number of hydrogen-bond acceptors (Lipinski definition) is 3. The van der Waals surface area contributed by atoms with Gasteiger partial charge in [-0.1, -0.05) is 12.1 Å². The van der Waals surface area contributed by atoms with Crippen molar-refractivity contribution in [3.8, 4) is 0 Å². The van der Waals surface area contributed by atoms with Crippen molar-refractivity contribution in [1.29, 1.82) is 0 Å². The van der Waals surface area contributed by atoms with Crippen LogP contribution in [0.3, 0.4) is 0 Å². The molecule has 3 rings (SSSR count). The van der Waals surface area contributed by atoms with Gasteiger partial charge in [0.25, 0.3) is 0 Å². The molecule has 112 valence electrons. The van der Waals surface area contributed by atoms with Crippen molar-refractivity contribution in [3.63, 3.8) is 0 Å². The second kappa shape index (κ2) is 6.26. The first kappa shape index (κ1) is 14.1. The normalized spacial score (nSPS) is 20.5. The van der Waals surface area contributed by atoms with Gasteiger partial charge in [-0.25, -0.2) is 0 Å². The van der Waals surface area contributed by atoms with Crippen molar-refractivity contribution in [3.05, 3.63) is 29.8 Å². The molecule has 0 bridgehead atoms. The minimum atomic E-state index is -0.0987. The van der Waals surface area contributed by atoms with Crippen molar-refractivity contribution >= 4 is 17.5 Å². The van der Waals surface area contributed by atoms with Gasteiger partial charge in [-0.2, -0.15) is 0 Å². The van der Waals surface area contributed by atoms with Crippen molar-refractivity contribution < 1.29 is 9.59 Å². The van der Waals surface area contributed by atoms with Crippen molar-refractivity contribution in [2.24, 2.45) is 5.92 Å². The van der Waals surface area contributed by atoms with E-state index in [0.717, 1.165) is 25.2 Å². The van der Waals surface area contributed by atoms with Crippen molar-refractivity contribution in [1.82, 2.24) is 10.6 Å². The maximum Gasteiger partial charge on any atom is 0.246 e. The van der Waals surface area contributed by atoms with Crippen molar-refractivity contribution in [2.45, 2.75) is 19.3 Å². The van der Waals surface area contributed by atoms with E-state index in [2.05, 4.69) is 22.8 Å². The van der Waals surface area contributed by atoms with Gasteiger partial charge in [0.2, 0.25) is 11.8 Å². The molecule has 5 heteroatoms. The third-order valence-electron chi connectivity index (χ3n) is 4.24. The van der Waals surface area contributed by atoms with Crippen LogP contribution in [0, 0.1) is 5.92 Å². The summed E-state index contributed by atoms with van der Waals surface area (Å²) in [6.07, 6.45) is 3.45. The summed E-state index contributed by atoms with van der Waals surface area (Å²) in [4.78, 5) is 25.0. The number of nitrogens with zero attached hydrogens (tertiary/aromatic N) is 1. The lowest BCUT2D eigenvalue weighted by Gasteiger charge is -2.27. The molecule has 2 amide bonds. The molecular weight excluding hydrogens is 266 g/mol. The molecule has 2 fully saturated rings. The van der Waals surface area contributed by atoms with E-state index in [1.165, 1.54) is 18.4 Å². The van der Waals surface area contributed by atoms with Crippen LogP contribution >= 0.6 is 0 Å². The average Bonchev–Trinajstić information content (AvgIpc) is 2.51. The Labute approximate surface area is 124 Å². The Bertz CT molecular complexity index is 538. The lowest BCUT2D eigenvalue weighted by atomic mass is 9.91. The van der Waals surface area contributed by atoms with Gasteiger partial charge in [0.15, 0.2) is 0 Å².